The second-order valence-corrected chi connectivity index (χ2v) is 4.88. The number of carboxylic acids is 1. The van der Waals surface area contributed by atoms with Crippen LogP contribution in [0.15, 0.2) is 48.5 Å². The van der Waals surface area contributed by atoms with Gasteiger partial charge in [0.15, 0.2) is 11.6 Å². The van der Waals surface area contributed by atoms with Crippen LogP contribution in [0.5, 0.6) is 5.75 Å². The SMILES string of the molecule is CC(O)(COc1ccc(C(=O)O)cc1F)c1ccccc1. The van der Waals surface area contributed by atoms with Crippen LogP contribution in [-0.4, -0.2) is 22.8 Å². The molecule has 1 atom stereocenters. The van der Waals surface area contributed by atoms with Gasteiger partial charge in [-0.1, -0.05) is 30.3 Å². The monoisotopic (exact) mass is 290 g/mol. The van der Waals surface area contributed by atoms with Gasteiger partial charge < -0.3 is 14.9 Å². The predicted molar refractivity (Wildman–Crippen MR) is 74.9 cm³/mol. The zero-order valence-corrected chi connectivity index (χ0v) is 11.4. The third-order valence-corrected chi connectivity index (χ3v) is 3.08. The molecule has 0 spiro atoms. The normalized spacial score (nSPS) is 13.5. The first-order chi connectivity index (χ1) is 9.90. The number of halogens is 1. The van der Waals surface area contributed by atoms with E-state index >= 15 is 0 Å². The molecular weight excluding hydrogens is 275 g/mol. The maximum Gasteiger partial charge on any atom is 0.335 e. The molecule has 0 aliphatic rings. The van der Waals surface area contributed by atoms with Crippen molar-refractivity contribution in [2.75, 3.05) is 6.61 Å². The number of benzene rings is 2. The first-order valence-corrected chi connectivity index (χ1v) is 6.34. The van der Waals surface area contributed by atoms with Crippen molar-refractivity contribution in [3.63, 3.8) is 0 Å². The summed E-state index contributed by atoms with van der Waals surface area (Å²) < 4.78 is 19.0. The number of rotatable bonds is 5. The fourth-order valence-electron chi connectivity index (χ4n) is 1.85. The third-order valence-electron chi connectivity index (χ3n) is 3.08. The standard InChI is InChI=1S/C16H15FO4/c1-16(20,12-5-3-2-4-6-12)10-21-14-8-7-11(15(18)19)9-13(14)17/h2-9,20H,10H2,1H3,(H,18,19). The second kappa shape index (κ2) is 5.93. The van der Waals surface area contributed by atoms with Crippen LogP contribution in [0, 0.1) is 5.82 Å². The van der Waals surface area contributed by atoms with E-state index < -0.39 is 17.4 Å². The van der Waals surface area contributed by atoms with E-state index in [-0.39, 0.29) is 17.9 Å². The van der Waals surface area contributed by atoms with Crippen molar-refractivity contribution in [2.24, 2.45) is 0 Å². The highest BCUT2D eigenvalue weighted by Gasteiger charge is 2.24. The molecule has 0 saturated heterocycles. The number of hydrogen-bond acceptors (Lipinski definition) is 3. The topological polar surface area (TPSA) is 66.8 Å². The fourth-order valence-corrected chi connectivity index (χ4v) is 1.85. The van der Waals surface area contributed by atoms with Crippen LogP contribution in [-0.2, 0) is 5.60 Å². The number of carboxylic acid groups (broad SMARTS) is 1. The average Bonchev–Trinajstić information content (AvgIpc) is 2.46. The van der Waals surface area contributed by atoms with Crippen LogP contribution in [0.4, 0.5) is 4.39 Å². The van der Waals surface area contributed by atoms with E-state index in [2.05, 4.69) is 0 Å². The molecule has 2 N–H and O–H groups in total. The van der Waals surface area contributed by atoms with Crippen LogP contribution in [0.3, 0.4) is 0 Å². The highest BCUT2D eigenvalue weighted by Crippen LogP contribution is 2.24. The molecule has 0 saturated carbocycles. The highest BCUT2D eigenvalue weighted by atomic mass is 19.1. The zero-order valence-electron chi connectivity index (χ0n) is 11.4. The van der Waals surface area contributed by atoms with Crippen LogP contribution in [0.25, 0.3) is 0 Å². The summed E-state index contributed by atoms with van der Waals surface area (Å²) in [5, 5.41) is 19.1. The molecule has 5 heteroatoms. The highest BCUT2D eigenvalue weighted by molar-refractivity contribution is 5.87. The second-order valence-electron chi connectivity index (χ2n) is 4.88. The van der Waals surface area contributed by atoms with E-state index in [9.17, 15) is 14.3 Å². The maximum atomic E-state index is 13.7. The molecule has 4 nitrogen and oxygen atoms in total. The summed E-state index contributed by atoms with van der Waals surface area (Å²) in [6.45, 7) is 1.41. The summed E-state index contributed by atoms with van der Waals surface area (Å²) in [5.74, 6) is -2.09. The third kappa shape index (κ3) is 3.58. The Hall–Kier alpha value is -2.40. The van der Waals surface area contributed by atoms with Crippen molar-refractivity contribution >= 4 is 5.97 Å². The molecule has 0 aromatic heterocycles. The van der Waals surface area contributed by atoms with Crippen molar-refractivity contribution in [3.05, 3.63) is 65.5 Å². The Morgan fingerprint density at radius 1 is 1.24 bits per heavy atom. The Morgan fingerprint density at radius 3 is 2.48 bits per heavy atom. The predicted octanol–water partition coefficient (Wildman–Crippen LogP) is 2.81. The minimum absolute atomic E-state index is 0.101. The summed E-state index contributed by atoms with van der Waals surface area (Å²) in [4.78, 5) is 10.7. The zero-order chi connectivity index (χ0) is 15.5. The number of aromatic carboxylic acids is 1. The van der Waals surface area contributed by atoms with Gasteiger partial charge in [0.2, 0.25) is 0 Å². The molecule has 0 heterocycles. The van der Waals surface area contributed by atoms with E-state index in [4.69, 9.17) is 9.84 Å². The molecule has 0 aliphatic carbocycles. The van der Waals surface area contributed by atoms with Crippen molar-refractivity contribution < 1.29 is 24.1 Å². The Balaban J connectivity index is 2.11. The lowest BCUT2D eigenvalue weighted by atomic mass is 9.97. The largest absolute Gasteiger partial charge is 0.487 e. The molecule has 0 bridgehead atoms. The van der Waals surface area contributed by atoms with Gasteiger partial charge in [-0.2, -0.15) is 0 Å². The molecule has 0 amide bonds. The van der Waals surface area contributed by atoms with E-state index in [1.54, 1.807) is 31.2 Å². The van der Waals surface area contributed by atoms with Gasteiger partial charge in [0.05, 0.1) is 5.56 Å². The van der Waals surface area contributed by atoms with E-state index in [0.29, 0.717) is 5.56 Å². The average molecular weight is 290 g/mol. The smallest absolute Gasteiger partial charge is 0.335 e. The quantitative estimate of drug-likeness (QED) is 0.888. The number of hydrogen-bond donors (Lipinski definition) is 2. The number of aliphatic hydroxyl groups is 1. The summed E-state index contributed by atoms with van der Waals surface area (Å²) in [6, 6.07) is 12.2. The summed E-state index contributed by atoms with van der Waals surface area (Å²) in [6.07, 6.45) is 0. The molecule has 2 aromatic rings. The molecule has 1 unspecified atom stereocenters. The Kier molecular flexibility index (Phi) is 4.23. The minimum Gasteiger partial charge on any atom is -0.487 e. The minimum atomic E-state index is -1.28. The van der Waals surface area contributed by atoms with Crippen LogP contribution < -0.4 is 4.74 Å². The van der Waals surface area contributed by atoms with Crippen LogP contribution in [0.2, 0.25) is 0 Å². The van der Waals surface area contributed by atoms with E-state index in [1.165, 1.54) is 12.1 Å². The Labute approximate surface area is 121 Å². The number of ether oxygens (including phenoxy) is 1. The molecule has 21 heavy (non-hydrogen) atoms. The lowest BCUT2D eigenvalue weighted by molar-refractivity contribution is 0.00640. The lowest BCUT2D eigenvalue weighted by Crippen LogP contribution is -2.29. The molecule has 2 aromatic carbocycles. The number of carbonyl (C=O) groups is 1. The van der Waals surface area contributed by atoms with Crippen molar-refractivity contribution in [3.8, 4) is 5.75 Å². The van der Waals surface area contributed by atoms with Crippen molar-refractivity contribution in [1.29, 1.82) is 0 Å². The lowest BCUT2D eigenvalue weighted by Gasteiger charge is -2.24. The maximum absolute atomic E-state index is 13.7. The van der Waals surface area contributed by atoms with Gasteiger partial charge in [0, 0.05) is 0 Å². The van der Waals surface area contributed by atoms with Crippen molar-refractivity contribution in [2.45, 2.75) is 12.5 Å². The first-order valence-electron chi connectivity index (χ1n) is 6.34. The molecule has 0 radical (unpaired) electrons. The molecule has 2 rings (SSSR count). The van der Waals surface area contributed by atoms with Crippen molar-refractivity contribution in [1.82, 2.24) is 0 Å². The summed E-state index contributed by atoms with van der Waals surface area (Å²) in [7, 11) is 0. The summed E-state index contributed by atoms with van der Waals surface area (Å²) in [5.41, 5.74) is -0.790. The van der Waals surface area contributed by atoms with Gasteiger partial charge in [0.25, 0.3) is 0 Å². The molecule has 110 valence electrons. The van der Waals surface area contributed by atoms with Gasteiger partial charge in [-0.15, -0.1) is 0 Å². The van der Waals surface area contributed by atoms with Gasteiger partial charge in [-0.25, -0.2) is 9.18 Å². The van der Waals surface area contributed by atoms with E-state index in [1.807, 2.05) is 6.07 Å². The molecular formula is C16H15FO4. The summed E-state index contributed by atoms with van der Waals surface area (Å²) >= 11 is 0. The fraction of sp³-hybridized carbons (Fsp3) is 0.188. The first kappa shape index (κ1) is 15.0. The van der Waals surface area contributed by atoms with E-state index in [0.717, 1.165) is 6.07 Å². The van der Waals surface area contributed by atoms with Crippen LogP contribution >= 0.6 is 0 Å². The van der Waals surface area contributed by atoms with Gasteiger partial charge >= 0.3 is 5.97 Å². The molecule has 0 fully saturated rings. The van der Waals surface area contributed by atoms with Crippen LogP contribution in [0.1, 0.15) is 22.8 Å². The van der Waals surface area contributed by atoms with Gasteiger partial charge in [-0.3, -0.25) is 0 Å². The van der Waals surface area contributed by atoms with Gasteiger partial charge in [-0.05, 0) is 30.7 Å². The molecule has 0 aliphatic heterocycles. The Bertz CT molecular complexity index is 638. The Morgan fingerprint density at radius 2 is 1.90 bits per heavy atom. The van der Waals surface area contributed by atoms with Gasteiger partial charge in [0.1, 0.15) is 12.2 Å².